The van der Waals surface area contributed by atoms with Gasteiger partial charge >= 0.3 is 0 Å². The Hall–Kier alpha value is -0.120. The third-order valence-corrected chi connectivity index (χ3v) is 3.92. The van der Waals surface area contributed by atoms with Crippen LogP contribution in [-0.4, -0.2) is 37.6 Å². The van der Waals surface area contributed by atoms with Gasteiger partial charge in [0.05, 0.1) is 18.8 Å². The van der Waals surface area contributed by atoms with Crippen LogP contribution in [-0.2, 0) is 9.47 Å². The number of aliphatic hydroxyl groups excluding tert-OH is 1. The van der Waals surface area contributed by atoms with Gasteiger partial charge in [0.25, 0.3) is 0 Å². The van der Waals surface area contributed by atoms with E-state index < -0.39 is 0 Å². The highest BCUT2D eigenvalue weighted by Gasteiger charge is 2.43. The van der Waals surface area contributed by atoms with E-state index in [-0.39, 0.29) is 0 Å². The van der Waals surface area contributed by atoms with Crippen LogP contribution in [0.15, 0.2) is 0 Å². The molecule has 1 saturated carbocycles. The van der Waals surface area contributed by atoms with Crippen LogP contribution in [0.4, 0.5) is 0 Å². The monoisotopic (exact) mass is 244 g/mol. The molecule has 1 N–H and O–H groups in total. The maximum Gasteiger partial charge on any atom is 0.0845 e. The van der Waals surface area contributed by atoms with Crippen molar-refractivity contribution >= 4 is 0 Å². The van der Waals surface area contributed by atoms with Crippen LogP contribution in [0.1, 0.15) is 46.5 Å². The van der Waals surface area contributed by atoms with E-state index in [1.54, 1.807) is 0 Å². The second kappa shape index (κ2) is 6.72. The van der Waals surface area contributed by atoms with Gasteiger partial charge in [0, 0.05) is 13.7 Å². The third-order valence-electron chi connectivity index (χ3n) is 3.92. The summed E-state index contributed by atoms with van der Waals surface area (Å²) in [4.78, 5) is 0. The van der Waals surface area contributed by atoms with E-state index >= 15 is 0 Å². The molecule has 3 heteroatoms. The minimum Gasteiger partial charge on any atom is -0.400 e. The highest BCUT2D eigenvalue weighted by molar-refractivity contribution is 4.91. The average molecular weight is 244 g/mol. The lowest BCUT2D eigenvalue weighted by molar-refractivity contribution is 0.0323. The highest BCUT2D eigenvalue weighted by atomic mass is 16.6. The van der Waals surface area contributed by atoms with Gasteiger partial charge in [-0.05, 0) is 37.0 Å². The first kappa shape index (κ1) is 14.9. The zero-order valence-corrected chi connectivity index (χ0v) is 11.7. The highest BCUT2D eigenvalue weighted by Crippen LogP contribution is 2.39. The Morgan fingerprint density at radius 2 is 1.94 bits per heavy atom. The van der Waals surface area contributed by atoms with Crippen molar-refractivity contribution in [2.24, 2.45) is 11.3 Å². The van der Waals surface area contributed by atoms with E-state index in [0.29, 0.717) is 17.6 Å². The SMILES string of the molecule is CCC(C)(C)COCC1CCC2OC2C1.CO. The average Bonchev–Trinajstić information content (AvgIpc) is 3.10. The number of epoxide rings is 1. The minimum absolute atomic E-state index is 0.341. The van der Waals surface area contributed by atoms with E-state index in [2.05, 4.69) is 20.8 Å². The molecule has 0 amide bonds. The maximum absolute atomic E-state index is 7.00. The molecule has 1 aliphatic carbocycles. The summed E-state index contributed by atoms with van der Waals surface area (Å²) >= 11 is 0. The number of hydrogen-bond acceptors (Lipinski definition) is 3. The summed E-state index contributed by atoms with van der Waals surface area (Å²) in [5.41, 5.74) is 0.341. The topological polar surface area (TPSA) is 42.0 Å². The Morgan fingerprint density at radius 3 is 2.53 bits per heavy atom. The Bertz CT molecular complexity index is 216. The van der Waals surface area contributed by atoms with Crippen molar-refractivity contribution in [2.45, 2.75) is 58.7 Å². The van der Waals surface area contributed by atoms with Gasteiger partial charge in [0.2, 0.25) is 0 Å². The van der Waals surface area contributed by atoms with Crippen LogP contribution >= 0.6 is 0 Å². The van der Waals surface area contributed by atoms with Crippen molar-refractivity contribution in [3.63, 3.8) is 0 Å². The van der Waals surface area contributed by atoms with Gasteiger partial charge in [-0.3, -0.25) is 0 Å². The lowest BCUT2D eigenvalue weighted by atomic mass is 9.89. The summed E-state index contributed by atoms with van der Waals surface area (Å²) in [7, 11) is 1.00. The molecule has 0 bridgehead atoms. The summed E-state index contributed by atoms with van der Waals surface area (Å²) in [6.07, 6.45) is 6.19. The summed E-state index contributed by atoms with van der Waals surface area (Å²) in [5.74, 6) is 0.751. The molecule has 3 unspecified atom stereocenters. The van der Waals surface area contributed by atoms with Crippen LogP contribution < -0.4 is 0 Å². The molecule has 0 aromatic carbocycles. The van der Waals surface area contributed by atoms with Gasteiger partial charge in [0.1, 0.15) is 0 Å². The Balaban J connectivity index is 0.000000686. The van der Waals surface area contributed by atoms with Gasteiger partial charge in [0.15, 0.2) is 0 Å². The molecule has 0 spiro atoms. The molecule has 1 aliphatic heterocycles. The smallest absolute Gasteiger partial charge is 0.0845 e. The van der Waals surface area contributed by atoms with E-state index in [0.717, 1.165) is 26.2 Å². The number of ether oxygens (including phenoxy) is 2. The van der Waals surface area contributed by atoms with Crippen molar-refractivity contribution < 1.29 is 14.6 Å². The van der Waals surface area contributed by atoms with Crippen LogP contribution in [0.2, 0.25) is 0 Å². The van der Waals surface area contributed by atoms with Crippen molar-refractivity contribution in [1.29, 1.82) is 0 Å². The number of fused-ring (bicyclic) bond motifs is 1. The van der Waals surface area contributed by atoms with Crippen molar-refractivity contribution in [3.05, 3.63) is 0 Å². The van der Waals surface area contributed by atoms with Crippen molar-refractivity contribution in [1.82, 2.24) is 0 Å². The summed E-state index contributed by atoms with van der Waals surface area (Å²) < 4.78 is 11.4. The van der Waals surface area contributed by atoms with E-state index in [9.17, 15) is 0 Å². The normalized spacial score (nSPS) is 31.2. The standard InChI is InChI=1S/C13H24O2.CH4O/c1-4-13(2,3)9-14-8-10-5-6-11-12(7-10)15-11;1-2/h10-12H,4-9H2,1-3H3;2H,1H3. The van der Waals surface area contributed by atoms with Crippen LogP contribution in [0.3, 0.4) is 0 Å². The Labute approximate surface area is 105 Å². The summed E-state index contributed by atoms with van der Waals surface area (Å²) in [6, 6.07) is 0. The predicted octanol–water partition coefficient (Wildman–Crippen LogP) is 2.62. The zero-order valence-electron chi connectivity index (χ0n) is 11.7. The molecule has 0 radical (unpaired) electrons. The molecule has 2 rings (SSSR count). The molecule has 17 heavy (non-hydrogen) atoms. The molecule has 3 nitrogen and oxygen atoms in total. The lowest BCUT2D eigenvalue weighted by Gasteiger charge is -2.25. The van der Waals surface area contributed by atoms with Crippen molar-refractivity contribution in [2.75, 3.05) is 20.3 Å². The second-order valence-corrected chi connectivity index (χ2v) is 5.92. The first-order valence-electron chi connectivity index (χ1n) is 6.78. The number of rotatable bonds is 5. The fourth-order valence-corrected chi connectivity index (χ4v) is 2.24. The Kier molecular flexibility index (Phi) is 5.90. The lowest BCUT2D eigenvalue weighted by Crippen LogP contribution is -2.23. The third kappa shape index (κ3) is 4.94. The number of hydrogen-bond donors (Lipinski definition) is 1. The maximum atomic E-state index is 7.00. The fraction of sp³-hybridized carbons (Fsp3) is 1.00. The quantitative estimate of drug-likeness (QED) is 0.756. The van der Waals surface area contributed by atoms with Gasteiger partial charge < -0.3 is 14.6 Å². The van der Waals surface area contributed by atoms with Gasteiger partial charge in [-0.1, -0.05) is 20.8 Å². The molecule has 2 aliphatic rings. The molecule has 1 heterocycles. The zero-order chi connectivity index (χ0) is 12.9. The number of aliphatic hydroxyl groups is 1. The van der Waals surface area contributed by atoms with Gasteiger partial charge in [-0.2, -0.15) is 0 Å². The summed E-state index contributed by atoms with van der Waals surface area (Å²) in [6.45, 7) is 8.61. The van der Waals surface area contributed by atoms with Crippen LogP contribution in [0.5, 0.6) is 0 Å². The van der Waals surface area contributed by atoms with E-state index in [1.807, 2.05) is 0 Å². The van der Waals surface area contributed by atoms with Crippen LogP contribution in [0.25, 0.3) is 0 Å². The molecule has 2 fully saturated rings. The van der Waals surface area contributed by atoms with Gasteiger partial charge in [-0.15, -0.1) is 0 Å². The molecular weight excluding hydrogens is 216 g/mol. The van der Waals surface area contributed by atoms with Crippen molar-refractivity contribution in [3.8, 4) is 0 Å². The second-order valence-electron chi connectivity index (χ2n) is 5.92. The molecule has 3 atom stereocenters. The molecule has 102 valence electrons. The first-order valence-corrected chi connectivity index (χ1v) is 6.78. The fourth-order valence-electron chi connectivity index (χ4n) is 2.24. The predicted molar refractivity (Wildman–Crippen MR) is 69.0 cm³/mol. The largest absolute Gasteiger partial charge is 0.400 e. The first-order chi connectivity index (χ1) is 8.11. The molecule has 1 saturated heterocycles. The molecule has 0 aromatic heterocycles. The minimum atomic E-state index is 0.341. The molecule has 0 aromatic rings. The van der Waals surface area contributed by atoms with Crippen LogP contribution in [0, 0.1) is 11.3 Å². The van der Waals surface area contributed by atoms with E-state index in [4.69, 9.17) is 14.6 Å². The van der Waals surface area contributed by atoms with E-state index in [1.165, 1.54) is 25.7 Å². The Morgan fingerprint density at radius 1 is 1.24 bits per heavy atom. The summed E-state index contributed by atoms with van der Waals surface area (Å²) in [5, 5.41) is 7.00. The van der Waals surface area contributed by atoms with Gasteiger partial charge in [-0.25, -0.2) is 0 Å². The molecular formula is C14H28O3.